The largest absolute Gasteiger partial charge is 0.487 e. The third-order valence-corrected chi connectivity index (χ3v) is 5.97. The van der Waals surface area contributed by atoms with Crippen molar-refractivity contribution < 1.29 is 19.1 Å². The summed E-state index contributed by atoms with van der Waals surface area (Å²) >= 11 is 1.16. The maximum atomic E-state index is 12.7. The second kappa shape index (κ2) is 8.39. The lowest BCUT2D eigenvalue weighted by Crippen LogP contribution is -2.36. The number of hydrogen-bond acceptors (Lipinski definition) is 5. The van der Waals surface area contributed by atoms with Crippen molar-refractivity contribution in [1.82, 2.24) is 0 Å². The molecule has 0 aliphatic carbocycles. The van der Waals surface area contributed by atoms with Crippen molar-refractivity contribution in [2.24, 2.45) is 5.92 Å². The van der Waals surface area contributed by atoms with Gasteiger partial charge in [-0.2, -0.15) is 0 Å². The molecule has 1 aliphatic heterocycles. The first-order valence-corrected chi connectivity index (χ1v) is 10.5. The molecule has 5 heteroatoms. The zero-order chi connectivity index (χ0) is 20.3. The van der Waals surface area contributed by atoms with E-state index >= 15 is 0 Å². The van der Waals surface area contributed by atoms with Gasteiger partial charge in [0.2, 0.25) is 5.12 Å². The SMILES string of the molecule is Cc1ccccc1C(=O)SC[C@@H](C)C(=O)OC1CC(C)(C)Oc2ccccc21. The van der Waals surface area contributed by atoms with E-state index in [1.165, 1.54) is 0 Å². The number of carbonyl (C=O) groups excluding carboxylic acids is 2. The lowest BCUT2D eigenvalue weighted by atomic mass is 9.91. The molecule has 148 valence electrons. The molecule has 1 heterocycles. The van der Waals surface area contributed by atoms with Crippen LogP contribution in [0.3, 0.4) is 0 Å². The number of rotatable bonds is 5. The van der Waals surface area contributed by atoms with Gasteiger partial charge in [0.15, 0.2) is 0 Å². The highest BCUT2D eigenvalue weighted by atomic mass is 32.2. The Hall–Kier alpha value is -2.27. The molecule has 2 atom stereocenters. The Morgan fingerprint density at radius 1 is 1.18 bits per heavy atom. The number of esters is 1. The lowest BCUT2D eigenvalue weighted by Gasteiger charge is -2.37. The third kappa shape index (κ3) is 4.76. The van der Waals surface area contributed by atoms with Gasteiger partial charge in [-0.3, -0.25) is 9.59 Å². The van der Waals surface area contributed by atoms with Gasteiger partial charge in [-0.15, -0.1) is 0 Å². The van der Waals surface area contributed by atoms with E-state index in [-0.39, 0.29) is 23.1 Å². The summed E-state index contributed by atoms with van der Waals surface area (Å²) in [4.78, 5) is 25.1. The van der Waals surface area contributed by atoms with Gasteiger partial charge in [0.05, 0.1) is 5.92 Å². The minimum atomic E-state index is -0.405. The monoisotopic (exact) mass is 398 g/mol. The van der Waals surface area contributed by atoms with Crippen LogP contribution in [0.15, 0.2) is 48.5 Å². The van der Waals surface area contributed by atoms with Crippen molar-refractivity contribution >= 4 is 22.8 Å². The predicted molar refractivity (Wildman–Crippen MR) is 112 cm³/mol. The fourth-order valence-corrected chi connectivity index (χ4v) is 4.17. The van der Waals surface area contributed by atoms with E-state index < -0.39 is 5.60 Å². The van der Waals surface area contributed by atoms with E-state index in [4.69, 9.17) is 9.47 Å². The maximum Gasteiger partial charge on any atom is 0.310 e. The summed E-state index contributed by atoms with van der Waals surface area (Å²) in [6, 6.07) is 15.1. The first-order chi connectivity index (χ1) is 13.3. The highest BCUT2D eigenvalue weighted by molar-refractivity contribution is 8.14. The van der Waals surface area contributed by atoms with Crippen LogP contribution >= 0.6 is 11.8 Å². The molecule has 0 spiro atoms. The quantitative estimate of drug-likeness (QED) is 0.636. The molecular weight excluding hydrogens is 372 g/mol. The van der Waals surface area contributed by atoms with E-state index in [9.17, 15) is 9.59 Å². The van der Waals surface area contributed by atoms with Crippen LogP contribution < -0.4 is 4.74 Å². The molecule has 3 rings (SSSR count). The summed E-state index contributed by atoms with van der Waals surface area (Å²) in [6.45, 7) is 7.69. The third-order valence-electron chi connectivity index (χ3n) is 4.82. The van der Waals surface area contributed by atoms with Crippen molar-refractivity contribution in [1.29, 1.82) is 0 Å². The Labute approximate surface area is 170 Å². The number of hydrogen-bond donors (Lipinski definition) is 0. The standard InChI is InChI=1S/C23H26O4S/c1-15-9-5-6-10-17(15)22(25)28-14-16(2)21(24)26-20-13-23(3,4)27-19-12-8-7-11-18(19)20/h5-12,16,20H,13-14H2,1-4H3/t16-,20?/m1/s1. The van der Waals surface area contributed by atoms with Gasteiger partial charge in [0.1, 0.15) is 17.5 Å². The second-order valence-corrected chi connectivity index (χ2v) is 8.84. The minimum absolute atomic E-state index is 0.0182. The summed E-state index contributed by atoms with van der Waals surface area (Å²) in [5.41, 5.74) is 2.12. The fraction of sp³-hybridized carbons (Fsp3) is 0.391. The molecule has 0 saturated heterocycles. The molecule has 1 unspecified atom stereocenters. The number of ether oxygens (including phenoxy) is 2. The molecule has 2 aromatic carbocycles. The molecule has 28 heavy (non-hydrogen) atoms. The number of benzene rings is 2. The first-order valence-electron chi connectivity index (χ1n) is 9.48. The Morgan fingerprint density at radius 3 is 2.61 bits per heavy atom. The summed E-state index contributed by atoms with van der Waals surface area (Å²) < 4.78 is 11.8. The summed E-state index contributed by atoms with van der Waals surface area (Å²) in [6.07, 6.45) is 0.254. The summed E-state index contributed by atoms with van der Waals surface area (Å²) in [5, 5.41) is -0.0182. The molecule has 0 bridgehead atoms. The van der Waals surface area contributed by atoms with Crippen molar-refractivity contribution in [3.63, 3.8) is 0 Å². The van der Waals surface area contributed by atoms with Gasteiger partial charge in [0, 0.05) is 23.3 Å². The van der Waals surface area contributed by atoms with Crippen LogP contribution in [-0.2, 0) is 9.53 Å². The molecule has 4 nitrogen and oxygen atoms in total. The van der Waals surface area contributed by atoms with Crippen molar-refractivity contribution in [3.8, 4) is 5.75 Å². The van der Waals surface area contributed by atoms with Gasteiger partial charge in [0.25, 0.3) is 0 Å². The van der Waals surface area contributed by atoms with Gasteiger partial charge < -0.3 is 9.47 Å². The molecule has 0 amide bonds. The van der Waals surface area contributed by atoms with Crippen LogP contribution in [0.25, 0.3) is 0 Å². The zero-order valence-corrected chi connectivity index (χ0v) is 17.5. The first kappa shape index (κ1) is 20.5. The van der Waals surface area contributed by atoms with E-state index in [1.807, 2.05) is 69.3 Å². The lowest BCUT2D eigenvalue weighted by molar-refractivity contribution is -0.156. The molecule has 0 saturated carbocycles. The molecule has 0 radical (unpaired) electrons. The number of aryl methyl sites for hydroxylation is 1. The van der Waals surface area contributed by atoms with Gasteiger partial charge in [-0.1, -0.05) is 61.2 Å². The Bertz CT molecular complexity index is 874. The Balaban J connectivity index is 1.61. The second-order valence-electron chi connectivity index (χ2n) is 7.84. The smallest absolute Gasteiger partial charge is 0.310 e. The normalized spacial score (nSPS) is 18.5. The van der Waals surface area contributed by atoms with Crippen LogP contribution in [0.2, 0.25) is 0 Å². The molecule has 2 aromatic rings. The molecule has 0 N–H and O–H groups in total. The Kier molecular flexibility index (Phi) is 6.14. The molecule has 1 aliphatic rings. The van der Waals surface area contributed by atoms with Crippen molar-refractivity contribution in [2.75, 3.05) is 5.75 Å². The summed E-state index contributed by atoms with van der Waals surface area (Å²) in [5.74, 6) is 0.479. The highest BCUT2D eigenvalue weighted by Gasteiger charge is 2.36. The van der Waals surface area contributed by atoms with E-state index in [0.717, 1.165) is 28.6 Å². The number of fused-ring (bicyclic) bond motifs is 1. The molecule has 0 fully saturated rings. The highest BCUT2D eigenvalue weighted by Crippen LogP contribution is 2.41. The number of para-hydroxylation sites is 1. The van der Waals surface area contributed by atoms with Gasteiger partial charge in [-0.25, -0.2) is 0 Å². The number of thioether (sulfide) groups is 1. The fourth-order valence-electron chi connectivity index (χ4n) is 3.25. The van der Waals surface area contributed by atoms with Crippen molar-refractivity contribution in [3.05, 3.63) is 65.2 Å². The van der Waals surface area contributed by atoms with Gasteiger partial charge in [-0.05, 0) is 32.4 Å². The van der Waals surface area contributed by atoms with Crippen LogP contribution in [0, 0.1) is 12.8 Å². The Morgan fingerprint density at radius 2 is 1.86 bits per heavy atom. The predicted octanol–water partition coefficient (Wildman–Crippen LogP) is 5.35. The average molecular weight is 399 g/mol. The van der Waals surface area contributed by atoms with E-state index in [2.05, 4.69) is 0 Å². The zero-order valence-electron chi connectivity index (χ0n) is 16.7. The topological polar surface area (TPSA) is 52.6 Å². The minimum Gasteiger partial charge on any atom is -0.487 e. The summed E-state index contributed by atoms with van der Waals surface area (Å²) in [7, 11) is 0. The molecular formula is C23H26O4S. The maximum absolute atomic E-state index is 12.7. The van der Waals surface area contributed by atoms with Crippen molar-refractivity contribution in [2.45, 2.75) is 45.8 Å². The average Bonchev–Trinajstić information content (AvgIpc) is 2.65. The van der Waals surface area contributed by atoms with E-state index in [0.29, 0.717) is 17.7 Å². The van der Waals surface area contributed by atoms with Crippen LogP contribution in [0.4, 0.5) is 0 Å². The van der Waals surface area contributed by atoms with Crippen LogP contribution in [-0.4, -0.2) is 22.4 Å². The van der Waals surface area contributed by atoms with Crippen LogP contribution in [0.5, 0.6) is 5.75 Å². The molecule has 0 aromatic heterocycles. The van der Waals surface area contributed by atoms with Gasteiger partial charge >= 0.3 is 5.97 Å². The number of carbonyl (C=O) groups is 2. The van der Waals surface area contributed by atoms with E-state index in [1.54, 1.807) is 6.92 Å². The van der Waals surface area contributed by atoms with Crippen LogP contribution in [0.1, 0.15) is 54.8 Å².